The van der Waals surface area contributed by atoms with Gasteiger partial charge in [-0.25, -0.2) is 0 Å². The van der Waals surface area contributed by atoms with Crippen LogP contribution >= 0.6 is 0 Å². The normalized spacial score (nSPS) is 43.5. The average molecular weight is 425 g/mol. The molecule has 0 spiro atoms. The monoisotopic (exact) mass is 424 g/mol. The number of aliphatic hydroxyl groups excluding tert-OH is 1. The van der Waals surface area contributed by atoms with E-state index >= 15 is 0 Å². The van der Waals surface area contributed by atoms with Crippen molar-refractivity contribution in [3.8, 4) is 0 Å². The molecule has 0 radical (unpaired) electrons. The summed E-state index contributed by atoms with van der Waals surface area (Å²) < 4.78 is 0. The number of carbonyl (C=O) groups is 1. The maximum Gasteiger partial charge on any atom is 0.162 e. The molecule has 0 unspecified atom stereocenters. The fourth-order valence-electron chi connectivity index (χ4n) is 8.00. The minimum Gasteiger partial charge on any atom is -0.515 e. The van der Waals surface area contributed by atoms with Gasteiger partial charge in [0.05, 0.1) is 6.26 Å². The highest BCUT2D eigenvalue weighted by molar-refractivity contribution is 5.96. The molecule has 31 heavy (non-hydrogen) atoms. The molecular weight excluding hydrogens is 380 g/mol. The van der Waals surface area contributed by atoms with Crippen LogP contribution in [0.1, 0.15) is 86.5 Å². The van der Waals surface area contributed by atoms with Crippen LogP contribution in [0.25, 0.3) is 0 Å². The Balaban J connectivity index is 1.57. The second kappa shape index (κ2) is 8.23. The van der Waals surface area contributed by atoms with E-state index in [0.717, 1.165) is 25.0 Å². The molecule has 0 aromatic rings. The van der Waals surface area contributed by atoms with E-state index in [1.165, 1.54) is 25.7 Å². The predicted octanol–water partition coefficient (Wildman–Crippen LogP) is 7.67. The number of aliphatic hydroxyl groups is 1. The maximum atomic E-state index is 12.4. The highest BCUT2D eigenvalue weighted by Gasteiger charge is 2.58. The lowest BCUT2D eigenvalue weighted by Gasteiger charge is -2.57. The van der Waals surface area contributed by atoms with Gasteiger partial charge in [0.1, 0.15) is 0 Å². The van der Waals surface area contributed by atoms with Crippen LogP contribution in [-0.4, -0.2) is 10.9 Å². The van der Waals surface area contributed by atoms with Crippen molar-refractivity contribution in [2.45, 2.75) is 86.5 Å². The molecule has 4 rings (SSSR count). The van der Waals surface area contributed by atoms with E-state index in [2.05, 4.69) is 59.8 Å². The van der Waals surface area contributed by atoms with Crippen LogP contribution in [0.2, 0.25) is 0 Å². The summed E-state index contributed by atoms with van der Waals surface area (Å²) in [6.07, 6.45) is 16.3. The third-order valence-corrected chi connectivity index (χ3v) is 10.5. The van der Waals surface area contributed by atoms with Crippen molar-refractivity contribution in [1.29, 1.82) is 0 Å². The summed E-state index contributed by atoms with van der Waals surface area (Å²) in [6, 6.07) is 0. The van der Waals surface area contributed by atoms with Crippen molar-refractivity contribution in [1.82, 2.24) is 0 Å². The van der Waals surface area contributed by atoms with Gasteiger partial charge in [-0.1, -0.05) is 65.3 Å². The van der Waals surface area contributed by atoms with Gasteiger partial charge in [-0.3, -0.25) is 4.79 Å². The molecule has 4 aliphatic carbocycles. The Morgan fingerprint density at radius 3 is 2.42 bits per heavy atom. The fraction of sp³-hybridized carbons (Fsp3) is 0.759. The summed E-state index contributed by atoms with van der Waals surface area (Å²) in [5.41, 5.74) is 2.91. The molecule has 2 heteroatoms. The first-order valence-electron chi connectivity index (χ1n) is 12.9. The molecule has 0 aliphatic heterocycles. The molecule has 1 N–H and O–H groups in total. The standard InChI is InChI=1S/C29H44O2/c1-18(2)19(3)7-8-20(4)24-11-12-25-23-10-9-22-15-27(31)21(17-30)16-29(22,6)26(23)13-14-28(24,25)5/h7-8,10,17-20,22,24-26,30H,9,11-16H2,1-6H3/b8-7+,21-17-/t19-,20+,22+,24-,25+,26+,28-,29-/m0/s1. The molecular formula is C29H44O2. The summed E-state index contributed by atoms with van der Waals surface area (Å²) in [4.78, 5) is 12.4. The summed E-state index contributed by atoms with van der Waals surface area (Å²) in [7, 11) is 0. The lowest BCUT2D eigenvalue weighted by molar-refractivity contribution is -0.121. The zero-order valence-electron chi connectivity index (χ0n) is 20.7. The minimum atomic E-state index is 0.129. The zero-order valence-corrected chi connectivity index (χ0v) is 20.7. The first-order valence-corrected chi connectivity index (χ1v) is 12.9. The molecule has 0 bridgehead atoms. The van der Waals surface area contributed by atoms with Gasteiger partial charge in [0, 0.05) is 12.0 Å². The Hall–Kier alpha value is -1.31. The first kappa shape index (κ1) is 22.9. The van der Waals surface area contributed by atoms with Crippen molar-refractivity contribution >= 4 is 5.78 Å². The summed E-state index contributed by atoms with van der Waals surface area (Å²) in [5.74, 6) is 4.64. The molecule has 4 aliphatic rings. The number of hydrogen-bond acceptors (Lipinski definition) is 2. The summed E-state index contributed by atoms with van der Waals surface area (Å²) in [6.45, 7) is 14.4. The Morgan fingerprint density at radius 2 is 1.74 bits per heavy atom. The van der Waals surface area contributed by atoms with Gasteiger partial charge in [-0.05, 0) is 90.8 Å². The lowest BCUT2D eigenvalue weighted by atomic mass is 9.47. The first-order chi connectivity index (χ1) is 14.6. The van der Waals surface area contributed by atoms with E-state index in [-0.39, 0.29) is 11.2 Å². The van der Waals surface area contributed by atoms with Gasteiger partial charge in [-0.2, -0.15) is 0 Å². The number of allylic oxidation sites excluding steroid dienone is 5. The van der Waals surface area contributed by atoms with Gasteiger partial charge >= 0.3 is 0 Å². The molecule has 0 aromatic heterocycles. The Bertz CT molecular complexity index is 802. The molecule has 8 atom stereocenters. The smallest absolute Gasteiger partial charge is 0.162 e. The summed E-state index contributed by atoms with van der Waals surface area (Å²) in [5, 5.41) is 9.67. The minimum absolute atomic E-state index is 0.129. The molecule has 0 heterocycles. The van der Waals surface area contributed by atoms with Crippen molar-refractivity contribution < 1.29 is 9.90 Å². The summed E-state index contributed by atoms with van der Waals surface area (Å²) >= 11 is 0. The van der Waals surface area contributed by atoms with Gasteiger partial charge in [-0.15, -0.1) is 0 Å². The van der Waals surface area contributed by atoms with Crippen LogP contribution in [-0.2, 0) is 4.79 Å². The number of fused-ring (bicyclic) bond motifs is 5. The maximum absolute atomic E-state index is 12.4. The Labute approximate surface area is 190 Å². The fourth-order valence-corrected chi connectivity index (χ4v) is 8.00. The third-order valence-electron chi connectivity index (χ3n) is 10.5. The van der Waals surface area contributed by atoms with Gasteiger partial charge in [0.2, 0.25) is 0 Å². The van der Waals surface area contributed by atoms with E-state index in [0.29, 0.717) is 52.9 Å². The van der Waals surface area contributed by atoms with E-state index in [9.17, 15) is 9.90 Å². The van der Waals surface area contributed by atoms with Crippen LogP contribution in [0.5, 0.6) is 0 Å². The quantitative estimate of drug-likeness (QED) is 0.285. The Morgan fingerprint density at radius 1 is 1.03 bits per heavy atom. The van der Waals surface area contributed by atoms with Gasteiger partial charge < -0.3 is 5.11 Å². The van der Waals surface area contributed by atoms with E-state index in [1.54, 1.807) is 5.57 Å². The molecule has 172 valence electrons. The van der Waals surface area contributed by atoms with Crippen molar-refractivity contribution in [3.63, 3.8) is 0 Å². The van der Waals surface area contributed by atoms with Crippen LogP contribution in [0.3, 0.4) is 0 Å². The van der Waals surface area contributed by atoms with Crippen molar-refractivity contribution in [2.24, 2.45) is 52.3 Å². The predicted molar refractivity (Wildman–Crippen MR) is 129 cm³/mol. The van der Waals surface area contributed by atoms with E-state index in [4.69, 9.17) is 0 Å². The second-order valence-electron chi connectivity index (χ2n) is 12.3. The highest BCUT2D eigenvalue weighted by atomic mass is 16.2. The van der Waals surface area contributed by atoms with Crippen LogP contribution in [0.4, 0.5) is 0 Å². The number of rotatable bonds is 4. The number of ketones is 1. The second-order valence-corrected chi connectivity index (χ2v) is 12.3. The lowest BCUT2D eigenvalue weighted by Crippen LogP contribution is -2.49. The number of carbonyl (C=O) groups excluding carboxylic acids is 1. The van der Waals surface area contributed by atoms with Gasteiger partial charge in [0.25, 0.3) is 0 Å². The average Bonchev–Trinajstić information content (AvgIpc) is 3.09. The van der Waals surface area contributed by atoms with Crippen molar-refractivity contribution in [2.75, 3.05) is 0 Å². The van der Waals surface area contributed by atoms with E-state index in [1.807, 2.05) is 0 Å². The van der Waals surface area contributed by atoms with Crippen LogP contribution < -0.4 is 0 Å². The topological polar surface area (TPSA) is 37.3 Å². The van der Waals surface area contributed by atoms with Crippen molar-refractivity contribution in [3.05, 3.63) is 35.6 Å². The molecule has 3 saturated carbocycles. The third kappa shape index (κ3) is 3.66. The number of hydrogen-bond donors (Lipinski definition) is 1. The zero-order chi connectivity index (χ0) is 22.6. The SMILES string of the molecule is CC(C)[C@@H](C)/C=C/[C@@H](C)[C@@H]1CC[C@@H]2C3=CC[C@@H]4CC(=O)/C(=C\O)C[C@]4(C)[C@@H]3CC[C@]21C. The molecule has 0 saturated heterocycles. The molecule has 0 amide bonds. The highest BCUT2D eigenvalue weighted by Crippen LogP contribution is 2.66. The van der Waals surface area contributed by atoms with Crippen LogP contribution in [0.15, 0.2) is 35.6 Å². The molecule has 2 nitrogen and oxygen atoms in total. The van der Waals surface area contributed by atoms with Crippen LogP contribution in [0, 0.1) is 52.3 Å². The van der Waals surface area contributed by atoms with E-state index < -0.39 is 0 Å². The largest absolute Gasteiger partial charge is 0.515 e. The Kier molecular flexibility index (Phi) is 6.07. The molecule has 0 aromatic carbocycles. The molecule has 3 fully saturated rings. The van der Waals surface area contributed by atoms with Gasteiger partial charge in [0.15, 0.2) is 5.78 Å². The number of Topliss-reactive ketones (excluding diaryl/α,β-unsaturated/α-hetero) is 1.